The molecule has 0 bridgehead atoms. The summed E-state index contributed by atoms with van der Waals surface area (Å²) in [6.45, 7) is 2.20. The third-order valence-electron chi connectivity index (χ3n) is 2.70. The SMILES string of the molecule is CCOc1ccc(Br)cc1C(=O)Oc1cccc([N+](=O)[O-])c1. The Labute approximate surface area is 134 Å². The first-order chi connectivity index (χ1) is 10.5. The number of nitro groups is 1. The Kier molecular flexibility index (Phi) is 5.11. The number of rotatable bonds is 5. The average molecular weight is 366 g/mol. The first-order valence-electron chi connectivity index (χ1n) is 6.40. The van der Waals surface area contributed by atoms with Gasteiger partial charge in [0.15, 0.2) is 0 Å². The molecule has 0 aromatic heterocycles. The maximum absolute atomic E-state index is 12.3. The minimum atomic E-state index is -0.648. The number of esters is 1. The molecule has 114 valence electrons. The standard InChI is InChI=1S/C15H12BrNO5/c1-2-21-14-7-6-10(16)8-13(14)15(18)22-12-5-3-4-11(9-12)17(19)20/h3-9H,2H2,1H3. The smallest absolute Gasteiger partial charge is 0.347 e. The van der Waals surface area contributed by atoms with Gasteiger partial charge >= 0.3 is 5.97 Å². The van der Waals surface area contributed by atoms with Crippen LogP contribution in [0.2, 0.25) is 0 Å². The molecule has 6 nitrogen and oxygen atoms in total. The highest BCUT2D eigenvalue weighted by molar-refractivity contribution is 9.10. The predicted molar refractivity (Wildman–Crippen MR) is 83.4 cm³/mol. The Hall–Kier alpha value is -2.41. The molecule has 7 heteroatoms. The highest BCUT2D eigenvalue weighted by atomic mass is 79.9. The zero-order chi connectivity index (χ0) is 16.1. The second kappa shape index (κ2) is 7.04. The maximum Gasteiger partial charge on any atom is 0.347 e. The number of hydrogen-bond acceptors (Lipinski definition) is 5. The van der Waals surface area contributed by atoms with Gasteiger partial charge in [-0.1, -0.05) is 22.0 Å². The van der Waals surface area contributed by atoms with Gasteiger partial charge in [0.25, 0.3) is 5.69 Å². The van der Waals surface area contributed by atoms with Crippen LogP contribution >= 0.6 is 15.9 Å². The minimum Gasteiger partial charge on any atom is -0.493 e. The summed E-state index contributed by atoms with van der Waals surface area (Å²) in [4.78, 5) is 22.4. The summed E-state index contributed by atoms with van der Waals surface area (Å²) in [6.07, 6.45) is 0. The molecule has 0 aliphatic heterocycles. The van der Waals surface area contributed by atoms with E-state index in [9.17, 15) is 14.9 Å². The van der Waals surface area contributed by atoms with Gasteiger partial charge in [0.05, 0.1) is 17.6 Å². The van der Waals surface area contributed by atoms with Gasteiger partial charge in [-0.2, -0.15) is 0 Å². The van der Waals surface area contributed by atoms with Gasteiger partial charge in [-0.15, -0.1) is 0 Å². The number of nitrogens with zero attached hydrogens (tertiary/aromatic N) is 1. The fourth-order valence-corrected chi connectivity index (χ4v) is 2.13. The van der Waals surface area contributed by atoms with E-state index >= 15 is 0 Å². The zero-order valence-corrected chi connectivity index (χ0v) is 13.2. The van der Waals surface area contributed by atoms with Crippen LogP contribution in [0.1, 0.15) is 17.3 Å². The van der Waals surface area contributed by atoms with Crippen molar-refractivity contribution in [3.63, 3.8) is 0 Å². The normalized spacial score (nSPS) is 10.1. The number of carbonyl (C=O) groups excluding carboxylic acids is 1. The van der Waals surface area contributed by atoms with Gasteiger partial charge in [-0.25, -0.2) is 4.79 Å². The van der Waals surface area contributed by atoms with Crippen LogP contribution < -0.4 is 9.47 Å². The topological polar surface area (TPSA) is 78.7 Å². The van der Waals surface area contributed by atoms with Gasteiger partial charge in [-0.3, -0.25) is 10.1 Å². The molecule has 0 N–H and O–H groups in total. The third-order valence-corrected chi connectivity index (χ3v) is 3.19. The van der Waals surface area contributed by atoms with E-state index in [0.717, 1.165) is 0 Å². The molecule has 0 amide bonds. The minimum absolute atomic E-state index is 0.0987. The van der Waals surface area contributed by atoms with Crippen molar-refractivity contribution < 1.29 is 19.2 Å². The number of hydrogen-bond donors (Lipinski definition) is 0. The fourth-order valence-electron chi connectivity index (χ4n) is 1.77. The summed E-state index contributed by atoms with van der Waals surface area (Å²) in [5, 5.41) is 10.7. The predicted octanol–water partition coefficient (Wildman–Crippen LogP) is 3.98. The molecule has 0 saturated heterocycles. The maximum atomic E-state index is 12.3. The van der Waals surface area contributed by atoms with E-state index in [1.165, 1.54) is 24.3 Å². The van der Waals surface area contributed by atoms with E-state index in [1.54, 1.807) is 25.1 Å². The molecule has 2 rings (SSSR count). The molecule has 0 heterocycles. The molecule has 0 radical (unpaired) electrons. The summed E-state index contributed by atoms with van der Waals surface area (Å²) in [6, 6.07) is 10.4. The average Bonchev–Trinajstić information content (AvgIpc) is 2.49. The number of carbonyl (C=O) groups is 1. The van der Waals surface area contributed by atoms with Crippen LogP contribution in [0.4, 0.5) is 5.69 Å². The molecule has 0 fully saturated rings. The summed E-state index contributed by atoms with van der Waals surface area (Å²) in [5.74, 6) is -0.159. The Balaban J connectivity index is 2.27. The second-order valence-corrected chi connectivity index (χ2v) is 5.13. The summed E-state index contributed by atoms with van der Waals surface area (Å²) in [7, 11) is 0. The molecule has 0 spiro atoms. The van der Waals surface area contributed by atoms with Gasteiger partial charge in [-0.05, 0) is 31.2 Å². The van der Waals surface area contributed by atoms with Crippen LogP contribution in [-0.4, -0.2) is 17.5 Å². The Morgan fingerprint density at radius 1 is 1.27 bits per heavy atom. The van der Waals surface area contributed by atoms with Crippen LogP contribution in [0.3, 0.4) is 0 Å². The monoisotopic (exact) mass is 365 g/mol. The first kappa shape index (κ1) is 16.0. The Morgan fingerprint density at radius 3 is 2.73 bits per heavy atom. The van der Waals surface area contributed by atoms with E-state index in [-0.39, 0.29) is 17.0 Å². The number of non-ortho nitro benzene ring substituents is 1. The quantitative estimate of drug-likeness (QED) is 0.346. The van der Waals surface area contributed by atoms with E-state index in [1.807, 2.05) is 0 Å². The number of nitro benzene ring substituents is 1. The van der Waals surface area contributed by atoms with E-state index in [4.69, 9.17) is 9.47 Å². The molecule has 0 saturated carbocycles. The number of benzene rings is 2. The lowest BCUT2D eigenvalue weighted by molar-refractivity contribution is -0.384. The molecule has 2 aromatic carbocycles. The molecule has 0 aliphatic rings. The van der Waals surface area contributed by atoms with Crippen LogP contribution in [0.25, 0.3) is 0 Å². The van der Waals surface area contributed by atoms with E-state index < -0.39 is 10.9 Å². The molecule has 0 aliphatic carbocycles. The van der Waals surface area contributed by atoms with Crippen molar-refractivity contribution in [2.75, 3.05) is 6.61 Å². The lowest BCUT2D eigenvalue weighted by Gasteiger charge is -2.10. The van der Waals surface area contributed by atoms with E-state index in [0.29, 0.717) is 16.8 Å². The number of ether oxygens (including phenoxy) is 2. The van der Waals surface area contributed by atoms with Crippen molar-refractivity contribution >= 4 is 27.6 Å². The Bertz CT molecular complexity index is 717. The van der Waals surface area contributed by atoms with Crippen LogP contribution in [0.15, 0.2) is 46.9 Å². The third kappa shape index (κ3) is 3.82. The van der Waals surface area contributed by atoms with Gasteiger partial charge < -0.3 is 9.47 Å². The molecule has 0 unspecified atom stereocenters. The van der Waals surface area contributed by atoms with Gasteiger partial charge in [0.1, 0.15) is 17.1 Å². The molecule has 22 heavy (non-hydrogen) atoms. The summed E-state index contributed by atoms with van der Waals surface area (Å²) in [5.41, 5.74) is 0.0901. The molecule has 0 atom stereocenters. The van der Waals surface area contributed by atoms with Crippen molar-refractivity contribution in [1.82, 2.24) is 0 Å². The van der Waals surface area contributed by atoms with Gasteiger partial charge in [0.2, 0.25) is 0 Å². The highest BCUT2D eigenvalue weighted by Crippen LogP contribution is 2.26. The van der Waals surface area contributed by atoms with Crippen molar-refractivity contribution in [2.24, 2.45) is 0 Å². The number of halogens is 1. The van der Waals surface area contributed by atoms with Crippen molar-refractivity contribution in [3.05, 3.63) is 62.6 Å². The van der Waals surface area contributed by atoms with Crippen LogP contribution in [-0.2, 0) is 0 Å². The summed E-state index contributed by atoms with van der Waals surface area (Å²) < 4.78 is 11.3. The van der Waals surface area contributed by atoms with E-state index in [2.05, 4.69) is 15.9 Å². The lowest BCUT2D eigenvalue weighted by Crippen LogP contribution is -2.11. The molecular formula is C15H12BrNO5. The first-order valence-corrected chi connectivity index (χ1v) is 7.19. The molecular weight excluding hydrogens is 354 g/mol. The van der Waals surface area contributed by atoms with Crippen LogP contribution in [0, 0.1) is 10.1 Å². The highest BCUT2D eigenvalue weighted by Gasteiger charge is 2.17. The van der Waals surface area contributed by atoms with Gasteiger partial charge in [0, 0.05) is 10.5 Å². The second-order valence-electron chi connectivity index (χ2n) is 4.22. The lowest BCUT2D eigenvalue weighted by atomic mass is 10.2. The molecule has 2 aromatic rings. The van der Waals surface area contributed by atoms with Crippen LogP contribution in [0.5, 0.6) is 11.5 Å². The van der Waals surface area contributed by atoms with Crippen molar-refractivity contribution in [1.29, 1.82) is 0 Å². The Morgan fingerprint density at radius 2 is 2.05 bits per heavy atom. The fraction of sp³-hybridized carbons (Fsp3) is 0.133. The zero-order valence-electron chi connectivity index (χ0n) is 11.6. The summed E-state index contributed by atoms with van der Waals surface area (Å²) >= 11 is 3.28. The van der Waals surface area contributed by atoms with Crippen molar-refractivity contribution in [2.45, 2.75) is 6.92 Å². The largest absolute Gasteiger partial charge is 0.493 e. The van der Waals surface area contributed by atoms with Crippen molar-refractivity contribution in [3.8, 4) is 11.5 Å².